The van der Waals surface area contributed by atoms with Gasteiger partial charge in [0, 0.05) is 19.1 Å². The molecule has 1 aliphatic carbocycles. The molecular formula is C19H30N4. The van der Waals surface area contributed by atoms with E-state index in [0.29, 0.717) is 17.4 Å². The van der Waals surface area contributed by atoms with Crippen LogP contribution in [0, 0.1) is 5.41 Å². The molecule has 1 saturated carbocycles. The van der Waals surface area contributed by atoms with Crippen molar-refractivity contribution in [3.8, 4) is 0 Å². The Morgan fingerprint density at radius 1 is 1.35 bits per heavy atom. The fourth-order valence-electron chi connectivity index (χ4n) is 3.67. The fourth-order valence-corrected chi connectivity index (χ4v) is 3.67. The minimum Gasteiger partial charge on any atom is -0.370 e. The number of aliphatic imine (C=N–C) groups is 1. The molecule has 0 radical (unpaired) electrons. The topological polar surface area (TPSA) is 53.6 Å². The van der Waals surface area contributed by atoms with Crippen molar-refractivity contribution in [2.24, 2.45) is 16.1 Å². The van der Waals surface area contributed by atoms with Crippen molar-refractivity contribution >= 4 is 5.96 Å². The van der Waals surface area contributed by atoms with E-state index in [9.17, 15) is 0 Å². The minimum absolute atomic E-state index is 0.358. The van der Waals surface area contributed by atoms with Crippen LogP contribution in [0.5, 0.6) is 0 Å². The van der Waals surface area contributed by atoms with Crippen LogP contribution in [0.3, 0.4) is 0 Å². The molecule has 0 spiro atoms. The van der Waals surface area contributed by atoms with Gasteiger partial charge >= 0.3 is 0 Å². The summed E-state index contributed by atoms with van der Waals surface area (Å²) in [5.41, 5.74) is 7.86. The fraction of sp³-hybridized carbons (Fsp3) is 0.632. The summed E-state index contributed by atoms with van der Waals surface area (Å²) in [5, 5.41) is 3.34. The van der Waals surface area contributed by atoms with Gasteiger partial charge in [0.25, 0.3) is 0 Å². The van der Waals surface area contributed by atoms with E-state index < -0.39 is 0 Å². The van der Waals surface area contributed by atoms with Crippen molar-refractivity contribution in [2.45, 2.75) is 45.1 Å². The van der Waals surface area contributed by atoms with Crippen molar-refractivity contribution in [2.75, 3.05) is 26.2 Å². The summed E-state index contributed by atoms with van der Waals surface area (Å²) >= 11 is 0. The molecule has 1 aromatic carbocycles. The van der Waals surface area contributed by atoms with Crippen LogP contribution >= 0.6 is 0 Å². The number of nitrogens with two attached hydrogens (primary N) is 1. The molecule has 2 aliphatic rings. The van der Waals surface area contributed by atoms with Gasteiger partial charge in [0.1, 0.15) is 0 Å². The van der Waals surface area contributed by atoms with Gasteiger partial charge in [0.15, 0.2) is 5.96 Å². The van der Waals surface area contributed by atoms with Crippen molar-refractivity contribution in [3.63, 3.8) is 0 Å². The van der Waals surface area contributed by atoms with E-state index in [1.54, 1.807) is 0 Å². The molecule has 4 heteroatoms. The second-order valence-electron chi connectivity index (χ2n) is 7.17. The summed E-state index contributed by atoms with van der Waals surface area (Å²) in [7, 11) is 0. The Morgan fingerprint density at radius 3 is 2.83 bits per heavy atom. The molecule has 1 heterocycles. The third-order valence-electron chi connectivity index (χ3n) is 5.39. The van der Waals surface area contributed by atoms with Crippen molar-refractivity contribution < 1.29 is 0 Å². The quantitative estimate of drug-likeness (QED) is 0.600. The number of benzene rings is 1. The van der Waals surface area contributed by atoms with Crippen LogP contribution in [0.25, 0.3) is 0 Å². The number of nitrogens with one attached hydrogen (secondary N) is 1. The summed E-state index contributed by atoms with van der Waals surface area (Å²) in [6, 6.07) is 11.4. The Morgan fingerprint density at radius 2 is 2.13 bits per heavy atom. The molecule has 1 saturated heterocycles. The maximum absolute atomic E-state index is 6.09. The van der Waals surface area contributed by atoms with E-state index in [-0.39, 0.29) is 0 Å². The number of likely N-dealkylation sites (N-methyl/N-ethyl adjacent to an activating group) is 1. The average Bonchev–Trinajstić information content (AvgIpc) is 3.18. The number of hydrogen-bond donors (Lipinski definition) is 2. The first-order valence-electron chi connectivity index (χ1n) is 9.02. The van der Waals surface area contributed by atoms with Gasteiger partial charge in [-0.3, -0.25) is 9.89 Å². The molecule has 1 atom stereocenters. The van der Waals surface area contributed by atoms with E-state index in [0.717, 1.165) is 26.1 Å². The standard InChI is InChI=1S/C19H30N4/c1-2-23-12-6-9-17(23)14-21-18(20)22-15-19(10-11-19)13-16-7-4-3-5-8-16/h3-5,7-8,17H,2,6,9-15H2,1H3,(H3,20,21,22). The highest BCUT2D eigenvalue weighted by atomic mass is 15.2. The van der Waals surface area contributed by atoms with Gasteiger partial charge in [0.05, 0.1) is 0 Å². The zero-order valence-electron chi connectivity index (χ0n) is 14.3. The van der Waals surface area contributed by atoms with E-state index in [1.165, 1.54) is 37.8 Å². The lowest BCUT2D eigenvalue weighted by atomic mass is 9.97. The number of likely N-dealkylation sites (tertiary alicyclic amines) is 1. The van der Waals surface area contributed by atoms with Crippen LogP contribution in [0.1, 0.15) is 38.2 Å². The van der Waals surface area contributed by atoms with E-state index in [4.69, 9.17) is 5.73 Å². The highest BCUT2D eigenvalue weighted by molar-refractivity contribution is 5.77. The van der Waals surface area contributed by atoms with Crippen LogP contribution in [0.15, 0.2) is 35.3 Å². The second-order valence-corrected chi connectivity index (χ2v) is 7.17. The monoisotopic (exact) mass is 314 g/mol. The summed E-state index contributed by atoms with van der Waals surface area (Å²) < 4.78 is 0. The highest BCUT2D eigenvalue weighted by Gasteiger charge is 2.42. The molecule has 23 heavy (non-hydrogen) atoms. The minimum atomic E-state index is 0.358. The Balaban J connectivity index is 1.45. The summed E-state index contributed by atoms with van der Waals surface area (Å²) in [6.07, 6.45) is 6.23. The third-order valence-corrected chi connectivity index (χ3v) is 5.39. The van der Waals surface area contributed by atoms with Crippen molar-refractivity contribution in [1.82, 2.24) is 10.2 Å². The Hall–Kier alpha value is -1.55. The van der Waals surface area contributed by atoms with Gasteiger partial charge in [-0.1, -0.05) is 37.3 Å². The Bertz CT molecular complexity index is 521. The zero-order chi connectivity index (χ0) is 16.1. The first-order chi connectivity index (χ1) is 11.2. The maximum atomic E-state index is 6.09. The average molecular weight is 314 g/mol. The summed E-state index contributed by atoms with van der Waals surface area (Å²) in [5.74, 6) is 0.618. The molecule has 126 valence electrons. The largest absolute Gasteiger partial charge is 0.370 e. The normalized spacial score (nSPS) is 23.9. The first kappa shape index (κ1) is 16.3. The van der Waals surface area contributed by atoms with Gasteiger partial charge < -0.3 is 11.1 Å². The third kappa shape index (κ3) is 4.47. The number of hydrogen-bond acceptors (Lipinski definition) is 2. The molecular weight excluding hydrogens is 284 g/mol. The molecule has 0 amide bonds. The number of guanidine groups is 1. The molecule has 4 nitrogen and oxygen atoms in total. The zero-order valence-corrected chi connectivity index (χ0v) is 14.3. The second kappa shape index (κ2) is 7.35. The van der Waals surface area contributed by atoms with Crippen LogP contribution < -0.4 is 11.1 Å². The highest BCUT2D eigenvalue weighted by Crippen LogP contribution is 2.48. The lowest BCUT2D eigenvalue weighted by molar-refractivity contribution is 0.267. The van der Waals surface area contributed by atoms with E-state index in [2.05, 4.69) is 52.5 Å². The molecule has 1 aromatic rings. The molecule has 0 bridgehead atoms. The predicted octanol–water partition coefficient (Wildman–Crippen LogP) is 2.40. The van der Waals surface area contributed by atoms with Gasteiger partial charge in [-0.25, -0.2) is 0 Å². The maximum Gasteiger partial charge on any atom is 0.188 e. The van der Waals surface area contributed by atoms with Crippen LogP contribution in [0.4, 0.5) is 0 Å². The van der Waals surface area contributed by atoms with E-state index in [1.807, 2.05) is 0 Å². The smallest absolute Gasteiger partial charge is 0.188 e. The van der Waals surface area contributed by atoms with Crippen molar-refractivity contribution in [3.05, 3.63) is 35.9 Å². The van der Waals surface area contributed by atoms with Gasteiger partial charge in [-0.05, 0) is 56.2 Å². The molecule has 3 rings (SSSR count). The van der Waals surface area contributed by atoms with Crippen LogP contribution in [-0.2, 0) is 6.42 Å². The molecule has 0 aromatic heterocycles. The summed E-state index contributed by atoms with van der Waals surface area (Å²) in [4.78, 5) is 7.16. The van der Waals surface area contributed by atoms with E-state index >= 15 is 0 Å². The van der Waals surface area contributed by atoms with Gasteiger partial charge in [-0.2, -0.15) is 0 Å². The first-order valence-corrected chi connectivity index (χ1v) is 9.02. The number of rotatable bonds is 7. The lowest BCUT2D eigenvalue weighted by Gasteiger charge is -2.23. The Kier molecular flexibility index (Phi) is 5.21. The molecule has 3 N–H and O–H groups in total. The van der Waals surface area contributed by atoms with Gasteiger partial charge in [-0.15, -0.1) is 0 Å². The number of nitrogens with zero attached hydrogens (tertiary/aromatic N) is 2. The Labute approximate surface area is 140 Å². The molecule has 1 aliphatic heterocycles. The van der Waals surface area contributed by atoms with Gasteiger partial charge in [0.2, 0.25) is 0 Å². The summed E-state index contributed by atoms with van der Waals surface area (Å²) in [6.45, 7) is 6.36. The van der Waals surface area contributed by atoms with Crippen LogP contribution in [-0.4, -0.2) is 43.1 Å². The lowest BCUT2D eigenvalue weighted by Crippen LogP contribution is -2.43. The van der Waals surface area contributed by atoms with Crippen LogP contribution in [0.2, 0.25) is 0 Å². The molecule has 2 fully saturated rings. The predicted molar refractivity (Wildman–Crippen MR) is 96.6 cm³/mol. The molecule has 1 unspecified atom stereocenters. The van der Waals surface area contributed by atoms with Crippen molar-refractivity contribution in [1.29, 1.82) is 0 Å². The SMILES string of the molecule is CCN1CCCC1CNC(N)=NCC1(Cc2ccccc2)CC1.